The highest BCUT2D eigenvalue weighted by Gasteiger charge is 2.31. The first-order valence-electron chi connectivity index (χ1n) is 17.8. The Morgan fingerprint density at radius 2 is 1.38 bits per heavy atom. The molecule has 12 heteroatoms. The molecule has 0 atom stereocenters. The third kappa shape index (κ3) is 7.44. The molecule has 0 saturated heterocycles. The van der Waals surface area contributed by atoms with Crippen molar-refractivity contribution in [1.29, 1.82) is 0 Å². The van der Waals surface area contributed by atoms with Crippen molar-refractivity contribution in [2.24, 2.45) is 17.3 Å². The van der Waals surface area contributed by atoms with Gasteiger partial charge in [0.2, 0.25) is 0 Å². The second-order valence-electron chi connectivity index (χ2n) is 14.9. The van der Waals surface area contributed by atoms with Gasteiger partial charge >= 0.3 is 11.9 Å². The van der Waals surface area contributed by atoms with Gasteiger partial charge in [0, 0.05) is 18.5 Å². The number of imidazole rings is 1. The van der Waals surface area contributed by atoms with Crippen LogP contribution >= 0.6 is 0 Å². The van der Waals surface area contributed by atoms with E-state index in [0.717, 1.165) is 92.3 Å². The summed E-state index contributed by atoms with van der Waals surface area (Å²) < 4.78 is 14.1. The molecule has 260 valence electrons. The van der Waals surface area contributed by atoms with Crippen LogP contribution in [-0.4, -0.2) is 52.3 Å². The van der Waals surface area contributed by atoms with E-state index in [1.54, 1.807) is 0 Å². The van der Waals surface area contributed by atoms with Gasteiger partial charge in [-0.25, -0.2) is 10.1 Å². The normalized spacial score (nSPS) is 16.1. The van der Waals surface area contributed by atoms with Crippen LogP contribution in [0.1, 0.15) is 96.4 Å². The largest absolute Gasteiger partial charge is 0.403 e. The van der Waals surface area contributed by atoms with Gasteiger partial charge in [0.25, 0.3) is 11.8 Å². The quantitative estimate of drug-likeness (QED) is 0.158. The maximum absolute atomic E-state index is 13.5. The molecule has 50 heavy (non-hydrogen) atoms. The summed E-state index contributed by atoms with van der Waals surface area (Å²) in [6.07, 6.45) is 10.1. The minimum absolute atomic E-state index is 0.0517. The van der Waals surface area contributed by atoms with Crippen LogP contribution in [0.4, 0.5) is 0 Å². The number of tetrazole rings is 1. The summed E-state index contributed by atoms with van der Waals surface area (Å²) in [7, 11) is 0. The molecule has 5 aromatic rings. The zero-order chi connectivity index (χ0) is 34.7. The van der Waals surface area contributed by atoms with Gasteiger partial charge in [0.05, 0.1) is 11.8 Å². The highest BCUT2D eigenvalue weighted by Crippen LogP contribution is 2.36. The van der Waals surface area contributed by atoms with E-state index in [-0.39, 0.29) is 40.9 Å². The maximum Gasteiger partial charge on any atom is 0.315 e. The number of hydrogen-bond acceptors (Lipinski definition) is 10. The summed E-state index contributed by atoms with van der Waals surface area (Å²) in [5.41, 5.74) is 4.66. The number of nitrogens with zero attached hydrogens (tertiary/aromatic N) is 7. The first-order valence-corrected chi connectivity index (χ1v) is 17.8. The Kier molecular flexibility index (Phi) is 9.69. The summed E-state index contributed by atoms with van der Waals surface area (Å²) in [5, 5.41) is 23.2. The Balaban J connectivity index is 1.28. The Hall–Kier alpha value is -5.00. The zero-order valence-electron chi connectivity index (χ0n) is 29.0. The Morgan fingerprint density at radius 3 is 1.98 bits per heavy atom. The Morgan fingerprint density at radius 1 is 0.780 bits per heavy atom. The minimum atomic E-state index is -0.309. The van der Waals surface area contributed by atoms with E-state index in [9.17, 15) is 9.59 Å². The summed E-state index contributed by atoms with van der Waals surface area (Å²) in [6.45, 7) is 6.87. The Labute approximate surface area is 291 Å². The highest BCUT2D eigenvalue weighted by atomic mass is 16.6. The van der Waals surface area contributed by atoms with Gasteiger partial charge in [0.15, 0.2) is 11.3 Å². The molecule has 7 rings (SSSR count). The van der Waals surface area contributed by atoms with Gasteiger partial charge < -0.3 is 14.0 Å². The second-order valence-corrected chi connectivity index (χ2v) is 14.9. The number of hydrogen-bond donors (Lipinski definition) is 1. The number of aromatic amines is 1. The van der Waals surface area contributed by atoms with Crippen molar-refractivity contribution in [2.45, 2.75) is 97.9 Å². The fourth-order valence-electron chi connectivity index (χ4n) is 7.19. The van der Waals surface area contributed by atoms with Gasteiger partial charge in [-0.05, 0) is 58.2 Å². The number of H-pyrrole nitrogens is 1. The van der Waals surface area contributed by atoms with Crippen LogP contribution in [0.2, 0.25) is 0 Å². The average molecular weight is 677 g/mol. The first kappa shape index (κ1) is 33.5. The van der Waals surface area contributed by atoms with Crippen molar-refractivity contribution in [2.75, 3.05) is 0 Å². The predicted octanol–water partition coefficient (Wildman–Crippen LogP) is 7.28. The molecule has 3 heterocycles. The molecule has 2 aliphatic rings. The fourth-order valence-corrected chi connectivity index (χ4v) is 7.19. The standard InChI is InChI=1S/C38H44N8O4/c1-38(2,3)22-30-39-31-32(46(30)23-24-18-20-25(21-19-24)28-16-10-11-17-29(28)33-40-44-45-41-33)35(50-37(48)27-14-8-5-9-15-27)43-42-34(31)49-36(47)26-12-6-4-7-13-26/h10-11,16-21,26-27H,4-9,12-15,22-23H2,1-3H3,(H,40,41,44,45). The van der Waals surface area contributed by atoms with E-state index in [2.05, 4.69) is 75.9 Å². The fraction of sp³-hybridized carbons (Fsp3) is 0.474. The van der Waals surface area contributed by atoms with Crippen LogP contribution in [-0.2, 0) is 22.6 Å². The maximum atomic E-state index is 13.5. The summed E-state index contributed by atoms with van der Waals surface area (Å²) in [4.78, 5) is 31.8. The molecule has 0 unspecified atom stereocenters. The highest BCUT2D eigenvalue weighted by molar-refractivity contribution is 5.89. The van der Waals surface area contributed by atoms with Gasteiger partial charge in [-0.15, -0.1) is 15.3 Å². The Bertz CT molecular complexity index is 1950. The number of carbonyl (C=O) groups excluding carboxylic acids is 2. The van der Waals surface area contributed by atoms with Gasteiger partial charge in [-0.2, -0.15) is 0 Å². The lowest BCUT2D eigenvalue weighted by Gasteiger charge is -2.21. The molecule has 0 amide bonds. The summed E-state index contributed by atoms with van der Waals surface area (Å²) >= 11 is 0. The van der Waals surface area contributed by atoms with Crippen LogP contribution in [0, 0.1) is 17.3 Å². The molecule has 0 aliphatic heterocycles. The number of benzene rings is 2. The molecule has 1 N–H and O–H groups in total. The van der Waals surface area contributed by atoms with E-state index < -0.39 is 0 Å². The molecule has 2 fully saturated rings. The van der Waals surface area contributed by atoms with E-state index >= 15 is 0 Å². The van der Waals surface area contributed by atoms with Gasteiger partial charge in [0.1, 0.15) is 11.3 Å². The van der Waals surface area contributed by atoms with E-state index in [1.165, 1.54) is 0 Å². The number of esters is 2. The van der Waals surface area contributed by atoms with Crippen LogP contribution < -0.4 is 9.47 Å². The van der Waals surface area contributed by atoms with Crippen molar-refractivity contribution in [3.8, 4) is 34.3 Å². The number of fused-ring (bicyclic) bond motifs is 1. The number of carbonyl (C=O) groups is 2. The molecule has 2 aliphatic carbocycles. The third-order valence-corrected chi connectivity index (χ3v) is 9.78. The lowest BCUT2D eigenvalue weighted by Crippen LogP contribution is -2.24. The predicted molar refractivity (Wildman–Crippen MR) is 187 cm³/mol. The summed E-state index contributed by atoms with van der Waals surface area (Å²) in [6, 6.07) is 16.3. The molecule has 2 aromatic carbocycles. The average Bonchev–Trinajstić information content (AvgIpc) is 3.79. The van der Waals surface area contributed by atoms with E-state index in [4.69, 9.17) is 14.5 Å². The molecule has 0 spiro atoms. The number of aromatic nitrogens is 8. The lowest BCUT2D eigenvalue weighted by molar-refractivity contribution is -0.141. The molecule has 12 nitrogen and oxygen atoms in total. The number of rotatable bonds is 9. The van der Waals surface area contributed by atoms with Crippen LogP contribution in [0.5, 0.6) is 11.8 Å². The lowest BCUT2D eigenvalue weighted by atomic mass is 9.89. The minimum Gasteiger partial charge on any atom is -0.403 e. The molecule has 3 aromatic heterocycles. The van der Waals surface area contributed by atoms with Crippen molar-refractivity contribution in [3.63, 3.8) is 0 Å². The van der Waals surface area contributed by atoms with Crippen LogP contribution in [0.15, 0.2) is 48.5 Å². The summed E-state index contributed by atoms with van der Waals surface area (Å²) in [5.74, 6) is 0.529. The van der Waals surface area contributed by atoms with E-state index in [1.807, 2.05) is 28.8 Å². The topological polar surface area (TPSA) is 151 Å². The monoisotopic (exact) mass is 676 g/mol. The van der Waals surface area contributed by atoms with Crippen LogP contribution in [0.3, 0.4) is 0 Å². The second kappa shape index (κ2) is 14.5. The first-order chi connectivity index (χ1) is 24.2. The van der Waals surface area contributed by atoms with Crippen molar-refractivity contribution in [1.82, 2.24) is 40.4 Å². The molecule has 0 bridgehead atoms. The number of ether oxygens (including phenoxy) is 2. The third-order valence-electron chi connectivity index (χ3n) is 9.78. The zero-order valence-corrected chi connectivity index (χ0v) is 29.0. The molecule has 2 saturated carbocycles. The SMILES string of the molecule is CC(C)(C)Cc1nc2c(OC(=O)C3CCCCC3)nnc(OC(=O)C3CCCCC3)c2n1Cc1ccc(-c2ccccc2-c2nnn[nH]2)cc1. The van der Waals surface area contributed by atoms with Crippen molar-refractivity contribution in [3.05, 3.63) is 59.9 Å². The van der Waals surface area contributed by atoms with Crippen molar-refractivity contribution >= 4 is 23.0 Å². The number of nitrogens with one attached hydrogen (secondary N) is 1. The molecular formula is C38H44N8O4. The van der Waals surface area contributed by atoms with Gasteiger partial charge in [-0.1, -0.05) is 108 Å². The van der Waals surface area contributed by atoms with Crippen LogP contribution in [0.25, 0.3) is 33.5 Å². The molecule has 0 radical (unpaired) electrons. The van der Waals surface area contributed by atoms with E-state index in [0.29, 0.717) is 29.8 Å². The smallest absolute Gasteiger partial charge is 0.315 e. The molecular weight excluding hydrogens is 632 g/mol. The van der Waals surface area contributed by atoms with Gasteiger partial charge in [-0.3, -0.25) is 9.59 Å². The van der Waals surface area contributed by atoms with Crippen molar-refractivity contribution < 1.29 is 19.1 Å².